The highest BCUT2D eigenvalue weighted by Crippen LogP contribution is 2.21. The summed E-state index contributed by atoms with van der Waals surface area (Å²) in [6.07, 6.45) is 0.298. The van der Waals surface area contributed by atoms with E-state index in [2.05, 4.69) is 5.32 Å². The molecule has 0 aromatic rings. The molecule has 0 radical (unpaired) electrons. The van der Waals surface area contributed by atoms with Crippen LogP contribution in [0, 0.1) is 11.8 Å². The van der Waals surface area contributed by atoms with Crippen LogP contribution < -0.4 is 11.1 Å². The Bertz CT molecular complexity index is 621. The molecule has 12 nitrogen and oxygen atoms in total. The molecule has 0 aliphatic carbocycles. The smallest absolute Gasteiger partial charge is 0.407 e. The predicted octanol–water partition coefficient (Wildman–Crippen LogP) is 1.49. The standard InChI is InChI=1S/C24H44N2O10/c1-23(2)32-11-17(12-33-23)9-30-15-19(16-31-10-18-13-34-24(3,4)35-14-18)36-22(29)26-8-6-5-7-20(25)21(27)28/h17-20H,5-16,25H2,1-4H3,(H,26,29)(H,27,28)/t20-/m1/s1. The zero-order valence-electron chi connectivity index (χ0n) is 22.0. The molecule has 2 aliphatic rings. The van der Waals surface area contributed by atoms with Crippen molar-refractivity contribution in [2.45, 2.75) is 70.7 Å². The quantitative estimate of drug-likeness (QED) is 0.269. The van der Waals surface area contributed by atoms with Crippen LogP contribution in [0.2, 0.25) is 0 Å². The van der Waals surface area contributed by atoms with Gasteiger partial charge in [0, 0.05) is 18.4 Å². The molecular formula is C24H44N2O10. The van der Waals surface area contributed by atoms with Crippen molar-refractivity contribution < 1.29 is 47.9 Å². The van der Waals surface area contributed by atoms with Gasteiger partial charge in [0.1, 0.15) is 6.04 Å². The Morgan fingerprint density at radius 3 is 1.83 bits per heavy atom. The summed E-state index contributed by atoms with van der Waals surface area (Å²) in [5.74, 6) is -2.03. The van der Waals surface area contributed by atoms with Crippen molar-refractivity contribution in [3.05, 3.63) is 0 Å². The molecule has 36 heavy (non-hydrogen) atoms. The van der Waals surface area contributed by atoms with E-state index in [1.165, 1.54) is 0 Å². The van der Waals surface area contributed by atoms with Crippen molar-refractivity contribution in [3.63, 3.8) is 0 Å². The highest BCUT2D eigenvalue weighted by molar-refractivity contribution is 5.72. The maximum absolute atomic E-state index is 12.3. The molecule has 2 saturated heterocycles. The molecule has 2 heterocycles. The van der Waals surface area contributed by atoms with Crippen LogP contribution in [0.5, 0.6) is 0 Å². The van der Waals surface area contributed by atoms with E-state index in [-0.39, 0.29) is 25.0 Å². The number of unbranched alkanes of at least 4 members (excludes halogenated alkanes) is 1. The van der Waals surface area contributed by atoms with Gasteiger partial charge in [-0.15, -0.1) is 0 Å². The number of nitrogens with two attached hydrogens (primary N) is 1. The van der Waals surface area contributed by atoms with E-state index in [0.717, 1.165) is 0 Å². The molecule has 0 unspecified atom stereocenters. The summed E-state index contributed by atoms with van der Waals surface area (Å²) in [7, 11) is 0. The van der Waals surface area contributed by atoms with Crippen molar-refractivity contribution in [3.8, 4) is 0 Å². The van der Waals surface area contributed by atoms with Crippen molar-refractivity contribution >= 4 is 12.1 Å². The third kappa shape index (κ3) is 12.6. The normalized spacial score (nSPS) is 21.3. The summed E-state index contributed by atoms with van der Waals surface area (Å²) in [5.41, 5.74) is 5.48. The van der Waals surface area contributed by atoms with Gasteiger partial charge in [-0.2, -0.15) is 0 Å². The first-order chi connectivity index (χ1) is 17.0. The molecule has 2 fully saturated rings. The second-order valence-corrected chi connectivity index (χ2v) is 10.2. The molecule has 2 aliphatic heterocycles. The monoisotopic (exact) mass is 520 g/mol. The van der Waals surface area contributed by atoms with Crippen molar-refractivity contribution in [2.24, 2.45) is 17.6 Å². The Labute approximate surface area is 213 Å². The van der Waals surface area contributed by atoms with Gasteiger partial charge in [-0.3, -0.25) is 4.79 Å². The van der Waals surface area contributed by atoms with Crippen LogP contribution in [-0.4, -0.2) is 100 Å². The number of hydrogen-bond acceptors (Lipinski definition) is 10. The molecule has 1 atom stereocenters. The molecule has 0 bridgehead atoms. The fraction of sp³-hybridized carbons (Fsp3) is 0.917. The number of alkyl carbamates (subject to hydrolysis) is 1. The van der Waals surface area contributed by atoms with Crippen LogP contribution in [0.4, 0.5) is 4.79 Å². The summed E-state index contributed by atoms with van der Waals surface area (Å²) < 4.78 is 39.7. The number of amides is 1. The number of carbonyl (C=O) groups is 2. The molecule has 0 aromatic heterocycles. The molecule has 12 heteroatoms. The zero-order chi connectivity index (χ0) is 26.6. The molecule has 1 amide bonds. The minimum atomic E-state index is -1.03. The van der Waals surface area contributed by atoms with Gasteiger partial charge in [0.15, 0.2) is 17.7 Å². The topological polar surface area (TPSA) is 157 Å². The van der Waals surface area contributed by atoms with Gasteiger partial charge in [-0.1, -0.05) is 0 Å². The minimum absolute atomic E-state index is 0.0884. The summed E-state index contributed by atoms with van der Waals surface area (Å²) >= 11 is 0. The lowest BCUT2D eigenvalue weighted by Gasteiger charge is -2.35. The number of aliphatic carboxylic acids is 1. The first-order valence-corrected chi connectivity index (χ1v) is 12.6. The van der Waals surface area contributed by atoms with Crippen LogP contribution >= 0.6 is 0 Å². The van der Waals surface area contributed by atoms with Gasteiger partial charge in [0.25, 0.3) is 0 Å². The van der Waals surface area contributed by atoms with E-state index in [4.69, 9.17) is 44.0 Å². The molecule has 0 saturated carbocycles. The zero-order valence-corrected chi connectivity index (χ0v) is 22.0. The summed E-state index contributed by atoms with van der Waals surface area (Å²) in [6, 6.07) is -0.896. The molecule has 0 spiro atoms. The highest BCUT2D eigenvalue weighted by Gasteiger charge is 2.30. The SMILES string of the molecule is CC1(C)OCC(COCC(COCC2COC(C)(C)OC2)OC(=O)NCCCC[C@@H](N)C(=O)O)CO1. The first kappa shape index (κ1) is 30.7. The summed E-state index contributed by atoms with van der Waals surface area (Å²) in [4.78, 5) is 23.0. The average Bonchev–Trinajstić information content (AvgIpc) is 2.80. The van der Waals surface area contributed by atoms with Crippen LogP contribution in [-0.2, 0) is 38.0 Å². The van der Waals surface area contributed by atoms with E-state index in [9.17, 15) is 9.59 Å². The van der Waals surface area contributed by atoms with Crippen LogP contribution in [0.1, 0.15) is 47.0 Å². The first-order valence-electron chi connectivity index (χ1n) is 12.6. The maximum atomic E-state index is 12.3. The van der Waals surface area contributed by atoms with E-state index in [1.54, 1.807) is 0 Å². The molecule has 2 rings (SSSR count). The van der Waals surface area contributed by atoms with E-state index in [0.29, 0.717) is 65.4 Å². The number of hydrogen-bond donors (Lipinski definition) is 3. The van der Waals surface area contributed by atoms with Gasteiger partial charge >= 0.3 is 12.1 Å². The number of carboxylic acids is 1. The van der Waals surface area contributed by atoms with Crippen molar-refractivity contribution in [2.75, 3.05) is 59.4 Å². The number of carboxylic acid groups (broad SMARTS) is 1. The lowest BCUT2D eigenvalue weighted by molar-refractivity contribution is -0.267. The number of carbonyl (C=O) groups excluding carboxylic acids is 1. The van der Waals surface area contributed by atoms with Crippen molar-refractivity contribution in [1.82, 2.24) is 5.32 Å². The van der Waals surface area contributed by atoms with E-state index < -0.39 is 35.8 Å². The molecule has 210 valence electrons. The predicted molar refractivity (Wildman–Crippen MR) is 128 cm³/mol. The molecule has 0 aromatic carbocycles. The Morgan fingerprint density at radius 1 is 0.917 bits per heavy atom. The second kappa shape index (κ2) is 15.0. The molecule has 4 N–H and O–H groups in total. The third-order valence-corrected chi connectivity index (χ3v) is 5.78. The van der Waals surface area contributed by atoms with Gasteiger partial charge in [0.05, 0.1) is 52.9 Å². The lowest BCUT2D eigenvalue weighted by Crippen LogP contribution is -2.42. The van der Waals surface area contributed by atoms with Crippen LogP contribution in [0.25, 0.3) is 0 Å². The fourth-order valence-electron chi connectivity index (χ4n) is 3.49. The summed E-state index contributed by atoms with van der Waals surface area (Å²) in [5, 5.41) is 11.5. The lowest BCUT2D eigenvalue weighted by atomic mass is 10.1. The van der Waals surface area contributed by atoms with E-state index in [1.807, 2.05) is 27.7 Å². The third-order valence-electron chi connectivity index (χ3n) is 5.78. The van der Waals surface area contributed by atoms with Crippen molar-refractivity contribution in [1.29, 1.82) is 0 Å². The fourth-order valence-corrected chi connectivity index (χ4v) is 3.49. The van der Waals surface area contributed by atoms with Crippen LogP contribution in [0.3, 0.4) is 0 Å². The Morgan fingerprint density at radius 2 is 1.39 bits per heavy atom. The minimum Gasteiger partial charge on any atom is -0.480 e. The highest BCUT2D eigenvalue weighted by atomic mass is 16.7. The Kier molecular flexibility index (Phi) is 12.8. The average molecular weight is 521 g/mol. The molecular weight excluding hydrogens is 476 g/mol. The van der Waals surface area contributed by atoms with Gasteiger partial charge < -0.3 is 49.3 Å². The van der Waals surface area contributed by atoms with Gasteiger partial charge in [-0.05, 0) is 47.0 Å². The largest absolute Gasteiger partial charge is 0.480 e. The number of rotatable bonds is 15. The van der Waals surface area contributed by atoms with Gasteiger partial charge in [-0.25, -0.2) is 4.79 Å². The Hall–Kier alpha value is -1.54. The van der Waals surface area contributed by atoms with Crippen LogP contribution in [0.15, 0.2) is 0 Å². The number of nitrogens with one attached hydrogen (secondary N) is 1. The second-order valence-electron chi connectivity index (χ2n) is 10.2. The Balaban J connectivity index is 1.71. The van der Waals surface area contributed by atoms with E-state index >= 15 is 0 Å². The maximum Gasteiger partial charge on any atom is 0.407 e. The number of ether oxygens (including phenoxy) is 7. The van der Waals surface area contributed by atoms with Gasteiger partial charge in [0.2, 0.25) is 0 Å². The summed E-state index contributed by atoms with van der Waals surface area (Å²) in [6.45, 7) is 11.1.